The van der Waals surface area contributed by atoms with Crippen LogP contribution in [0.4, 0.5) is 5.69 Å². The Morgan fingerprint density at radius 3 is 2.70 bits per heavy atom. The number of hydrogen-bond acceptors (Lipinski definition) is 6. The first-order valence-electron chi connectivity index (χ1n) is 15.7. The quantitative estimate of drug-likeness (QED) is 0.384. The van der Waals surface area contributed by atoms with Crippen molar-refractivity contribution in [2.45, 2.75) is 76.1 Å². The number of benzene rings is 2. The van der Waals surface area contributed by atoms with Crippen LogP contribution in [0.3, 0.4) is 0 Å². The zero-order chi connectivity index (χ0) is 30.5. The number of hydrogen-bond donors (Lipinski definition) is 2. The molecule has 2 heterocycles. The Kier molecular flexibility index (Phi) is 8.33. The van der Waals surface area contributed by atoms with Crippen LogP contribution in [0.15, 0.2) is 48.6 Å². The maximum absolute atomic E-state index is 13.5. The van der Waals surface area contributed by atoms with E-state index in [4.69, 9.17) is 16.3 Å². The molecule has 2 aliphatic heterocycles. The van der Waals surface area contributed by atoms with Crippen LogP contribution >= 0.6 is 11.6 Å². The van der Waals surface area contributed by atoms with Crippen LogP contribution in [-0.4, -0.2) is 50.5 Å². The number of halogens is 1. The third kappa shape index (κ3) is 5.71. The average Bonchev–Trinajstić information content (AvgIpc) is 3.10. The van der Waals surface area contributed by atoms with Gasteiger partial charge in [0.2, 0.25) is 10.0 Å². The van der Waals surface area contributed by atoms with E-state index in [0.29, 0.717) is 31.9 Å². The van der Waals surface area contributed by atoms with Crippen LogP contribution in [0.2, 0.25) is 5.02 Å². The van der Waals surface area contributed by atoms with E-state index in [9.17, 15) is 18.3 Å². The fourth-order valence-corrected chi connectivity index (χ4v) is 9.87. The SMILES string of the molecule is CC[C@H]1[C@H](C)[C@H](C)/C=C/[C@H](O)[C@@H]2CC[C@H]2CN2C[C@@]3(CCCc4cc(Cl)ccc43)COc3ccc(cc32)C(=O)NS1(=O)=O. The van der Waals surface area contributed by atoms with Crippen molar-refractivity contribution in [1.29, 1.82) is 0 Å². The number of aliphatic hydroxyl groups is 1. The highest BCUT2D eigenvalue weighted by Gasteiger charge is 2.44. The molecule has 2 bridgehead atoms. The summed E-state index contributed by atoms with van der Waals surface area (Å²) in [6.07, 6.45) is 8.51. The summed E-state index contributed by atoms with van der Waals surface area (Å²) >= 11 is 6.40. The maximum Gasteiger partial charge on any atom is 0.264 e. The molecule has 43 heavy (non-hydrogen) atoms. The number of allylic oxidation sites excluding steroid dienone is 1. The van der Waals surface area contributed by atoms with Gasteiger partial charge in [-0.1, -0.05) is 50.6 Å². The molecule has 7 atom stereocenters. The molecule has 2 aromatic rings. The molecule has 6 rings (SSSR count). The van der Waals surface area contributed by atoms with Gasteiger partial charge in [0.15, 0.2) is 0 Å². The molecule has 2 N–H and O–H groups in total. The van der Waals surface area contributed by atoms with E-state index in [1.165, 1.54) is 11.1 Å². The molecule has 9 heteroatoms. The minimum Gasteiger partial charge on any atom is -0.490 e. The fourth-order valence-electron chi connectivity index (χ4n) is 7.89. The molecule has 2 aromatic carbocycles. The van der Waals surface area contributed by atoms with Crippen molar-refractivity contribution < 1.29 is 23.1 Å². The number of nitrogens with zero attached hydrogens (tertiary/aromatic N) is 1. The van der Waals surface area contributed by atoms with Crippen molar-refractivity contribution in [3.8, 4) is 5.75 Å². The first-order valence-corrected chi connectivity index (χ1v) is 17.7. The van der Waals surface area contributed by atoms with Crippen LogP contribution in [0.25, 0.3) is 0 Å². The van der Waals surface area contributed by atoms with Gasteiger partial charge in [0.1, 0.15) is 5.75 Å². The van der Waals surface area contributed by atoms with Gasteiger partial charge in [0.25, 0.3) is 5.91 Å². The first-order chi connectivity index (χ1) is 20.5. The number of amides is 1. The Morgan fingerprint density at radius 1 is 1.14 bits per heavy atom. The van der Waals surface area contributed by atoms with Crippen LogP contribution in [0.1, 0.15) is 74.4 Å². The predicted molar refractivity (Wildman–Crippen MR) is 170 cm³/mol. The summed E-state index contributed by atoms with van der Waals surface area (Å²) in [5.74, 6) is 0.110. The second-order valence-corrected chi connectivity index (χ2v) is 15.6. The summed E-state index contributed by atoms with van der Waals surface area (Å²) in [5.41, 5.74) is 3.33. The highest BCUT2D eigenvalue weighted by atomic mass is 35.5. The summed E-state index contributed by atoms with van der Waals surface area (Å²) in [6, 6.07) is 11.4. The molecule has 7 nitrogen and oxygen atoms in total. The molecule has 1 amide bonds. The van der Waals surface area contributed by atoms with E-state index in [-0.39, 0.29) is 34.7 Å². The zero-order valence-corrected chi connectivity index (χ0v) is 26.8. The molecule has 0 unspecified atom stereocenters. The van der Waals surface area contributed by atoms with Crippen LogP contribution in [-0.2, 0) is 21.9 Å². The number of anilines is 1. The van der Waals surface area contributed by atoms with Crippen molar-refractivity contribution in [2.75, 3.05) is 24.6 Å². The van der Waals surface area contributed by atoms with Gasteiger partial charge in [0, 0.05) is 29.1 Å². The number of nitrogens with one attached hydrogen (secondary N) is 1. The number of fused-ring (bicyclic) bond motifs is 4. The Hall–Kier alpha value is -2.55. The molecule has 1 fully saturated rings. The Labute approximate surface area is 260 Å². The van der Waals surface area contributed by atoms with Gasteiger partial charge in [-0.25, -0.2) is 13.1 Å². The van der Waals surface area contributed by atoms with Crippen molar-refractivity contribution in [2.24, 2.45) is 23.7 Å². The topological polar surface area (TPSA) is 95.9 Å². The highest BCUT2D eigenvalue weighted by molar-refractivity contribution is 7.90. The summed E-state index contributed by atoms with van der Waals surface area (Å²) in [7, 11) is -3.96. The summed E-state index contributed by atoms with van der Waals surface area (Å²) in [4.78, 5) is 15.8. The van der Waals surface area contributed by atoms with E-state index in [0.717, 1.165) is 42.8 Å². The third-order valence-corrected chi connectivity index (χ3v) is 13.0. The van der Waals surface area contributed by atoms with E-state index in [2.05, 4.69) is 21.8 Å². The standard InChI is InChI=1S/C34H43ClN2O5S/c1-4-32-22(3)21(2)7-13-30(38)27-11-8-25(27)18-37-19-34(15-5-6-23-16-26(35)10-12-28(23)34)20-42-31-14-9-24(17-29(31)37)33(39)36-43(32,40)41/h7,9-10,12-14,16-17,21-22,25,27,30,32,38H,4-6,8,11,15,18-20H2,1-3H3,(H,36,39)/b13-7+/t21-,22-,25+,27-,30+,32+,34+/m1/s1. The lowest BCUT2D eigenvalue weighted by atomic mass is 9.68. The number of carbonyl (C=O) groups is 1. The van der Waals surface area contributed by atoms with Gasteiger partial charge in [-0.15, -0.1) is 0 Å². The van der Waals surface area contributed by atoms with Crippen molar-refractivity contribution >= 4 is 33.2 Å². The molecule has 1 spiro atoms. The molecule has 0 aromatic heterocycles. The first kappa shape index (κ1) is 30.5. The number of carbonyl (C=O) groups excluding carboxylic acids is 1. The smallest absolute Gasteiger partial charge is 0.264 e. The molecular weight excluding hydrogens is 584 g/mol. The lowest BCUT2D eigenvalue weighted by molar-refractivity contribution is 0.0453. The monoisotopic (exact) mass is 626 g/mol. The number of ether oxygens (including phenoxy) is 1. The van der Waals surface area contributed by atoms with Crippen LogP contribution < -0.4 is 14.4 Å². The lowest BCUT2D eigenvalue weighted by Crippen LogP contribution is -2.49. The second-order valence-electron chi connectivity index (χ2n) is 13.3. The highest BCUT2D eigenvalue weighted by Crippen LogP contribution is 2.47. The molecule has 2 aliphatic carbocycles. The molecule has 0 radical (unpaired) electrons. The molecule has 232 valence electrons. The molecular formula is C34H43ClN2O5S. The van der Waals surface area contributed by atoms with Gasteiger partial charge >= 0.3 is 0 Å². The van der Waals surface area contributed by atoms with E-state index < -0.39 is 27.3 Å². The van der Waals surface area contributed by atoms with Crippen LogP contribution in [0, 0.1) is 23.7 Å². The fraction of sp³-hybridized carbons (Fsp3) is 0.559. The number of rotatable bonds is 1. The Balaban J connectivity index is 1.43. The molecule has 0 saturated heterocycles. The van der Waals surface area contributed by atoms with Gasteiger partial charge in [-0.2, -0.15) is 0 Å². The molecule has 1 saturated carbocycles. The summed E-state index contributed by atoms with van der Waals surface area (Å²) < 4.78 is 35.9. The van der Waals surface area contributed by atoms with Crippen molar-refractivity contribution in [1.82, 2.24) is 4.72 Å². The Morgan fingerprint density at radius 2 is 1.95 bits per heavy atom. The minimum atomic E-state index is -3.96. The van der Waals surface area contributed by atoms with Gasteiger partial charge < -0.3 is 14.7 Å². The number of aliphatic hydroxyl groups excluding tert-OH is 1. The second kappa shape index (κ2) is 11.8. The average molecular weight is 627 g/mol. The minimum absolute atomic E-state index is 0.0916. The number of aryl methyl sites for hydroxylation is 1. The number of sulfonamides is 1. The van der Waals surface area contributed by atoms with Crippen molar-refractivity contribution in [3.63, 3.8) is 0 Å². The lowest BCUT2D eigenvalue weighted by Gasteiger charge is -2.45. The maximum atomic E-state index is 13.5. The van der Waals surface area contributed by atoms with E-state index >= 15 is 0 Å². The van der Waals surface area contributed by atoms with Gasteiger partial charge in [-0.05, 0) is 104 Å². The van der Waals surface area contributed by atoms with Gasteiger partial charge in [-0.3, -0.25) is 4.79 Å². The van der Waals surface area contributed by atoms with E-state index in [1.807, 2.05) is 39.0 Å². The Bertz CT molecular complexity index is 1530. The third-order valence-electron chi connectivity index (χ3n) is 10.7. The van der Waals surface area contributed by atoms with Crippen molar-refractivity contribution in [3.05, 3.63) is 70.3 Å². The normalized spacial score (nSPS) is 34.5. The van der Waals surface area contributed by atoms with Gasteiger partial charge in [0.05, 0.1) is 23.6 Å². The summed E-state index contributed by atoms with van der Waals surface area (Å²) in [5, 5.41) is 11.3. The zero-order valence-electron chi connectivity index (χ0n) is 25.3. The van der Waals surface area contributed by atoms with E-state index in [1.54, 1.807) is 18.2 Å². The largest absolute Gasteiger partial charge is 0.490 e. The van der Waals surface area contributed by atoms with Crippen LogP contribution in [0.5, 0.6) is 5.75 Å². The summed E-state index contributed by atoms with van der Waals surface area (Å²) in [6.45, 7) is 7.62. The predicted octanol–water partition coefficient (Wildman–Crippen LogP) is 5.88. The molecule has 4 aliphatic rings.